The highest BCUT2D eigenvalue weighted by Gasteiger charge is 2.36. The monoisotopic (exact) mass is 269 g/mol. The summed E-state index contributed by atoms with van der Waals surface area (Å²) in [7, 11) is 0. The Morgan fingerprint density at radius 1 is 1.32 bits per heavy atom. The second-order valence-corrected chi connectivity index (χ2v) is 5.29. The molecule has 0 spiro atoms. The molecule has 1 fully saturated rings. The predicted octanol–water partition coefficient (Wildman–Crippen LogP) is 3.15. The fourth-order valence-electron chi connectivity index (χ4n) is 2.33. The van der Waals surface area contributed by atoms with Crippen LogP contribution in [0, 0.1) is 0 Å². The zero-order chi connectivity index (χ0) is 14.0. The molecule has 4 nitrogen and oxygen atoms in total. The molecule has 1 aliphatic rings. The molecule has 19 heavy (non-hydrogen) atoms. The number of ether oxygens (including phenoxy) is 1. The van der Waals surface area contributed by atoms with Gasteiger partial charge in [0.1, 0.15) is 6.61 Å². The number of carbonyl (C=O) groups excluding carboxylic acids is 1. The van der Waals surface area contributed by atoms with Crippen LogP contribution in [-0.4, -0.2) is 30.0 Å². The van der Waals surface area contributed by atoms with Crippen molar-refractivity contribution in [2.75, 3.05) is 13.2 Å². The molecule has 1 heterocycles. The molecule has 0 aromatic carbocycles. The first-order valence-electron chi connectivity index (χ1n) is 7.46. The summed E-state index contributed by atoms with van der Waals surface area (Å²) in [6, 6.07) is 0. The number of carbonyl (C=O) groups is 1. The van der Waals surface area contributed by atoms with E-state index < -0.39 is 11.6 Å². The standard InChI is InChI=1S/C15H27NO3/c1-2-3-4-5-6-7-8-9-10-15(11-12-17)13-19-14(18)16-15/h9-10,17H,2-8,11-13H2,1H3,(H,16,18)/t15-/m0/s1. The van der Waals surface area contributed by atoms with E-state index in [1.54, 1.807) is 0 Å². The molecule has 0 radical (unpaired) electrons. The number of hydrogen-bond donors (Lipinski definition) is 2. The highest BCUT2D eigenvalue weighted by Crippen LogP contribution is 2.19. The molecular weight excluding hydrogens is 242 g/mol. The minimum absolute atomic E-state index is 0.0466. The van der Waals surface area contributed by atoms with Crippen molar-refractivity contribution >= 4 is 6.09 Å². The molecule has 0 aliphatic carbocycles. The first-order valence-corrected chi connectivity index (χ1v) is 7.46. The number of aliphatic hydroxyl groups is 1. The van der Waals surface area contributed by atoms with Crippen LogP contribution in [0.15, 0.2) is 12.2 Å². The molecule has 0 aromatic heterocycles. The normalized spacial score (nSPS) is 22.7. The van der Waals surface area contributed by atoms with E-state index in [-0.39, 0.29) is 6.61 Å². The van der Waals surface area contributed by atoms with Gasteiger partial charge in [-0.1, -0.05) is 51.2 Å². The van der Waals surface area contributed by atoms with Crippen LogP contribution in [0.4, 0.5) is 4.79 Å². The summed E-state index contributed by atoms with van der Waals surface area (Å²) in [6.45, 7) is 2.59. The lowest BCUT2D eigenvalue weighted by Gasteiger charge is -2.21. The van der Waals surface area contributed by atoms with Crippen molar-refractivity contribution in [3.05, 3.63) is 12.2 Å². The number of amides is 1. The van der Waals surface area contributed by atoms with Crippen LogP contribution < -0.4 is 5.32 Å². The summed E-state index contributed by atoms with van der Waals surface area (Å²) >= 11 is 0. The largest absolute Gasteiger partial charge is 0.447 e. The molecule has 0 unspecified atom stereocenters. The maximum absolute atomic E-state index is 11.1. The molecule has 1 amide bonds. The number of rotatable bonds is 10. The number of nitrogens with one attached hydrogen (secondary N) is 1. The number of allylic oxidation sites excluding steroid dienone is 1. The highest BCUT2D eigenvalue weighted by atomic mass is 16.6. The Morgan fingerprint density at radius 3 is 2.68 bits per heavy atom. The van der Waals surface area contributed by atoms with Crippen molar-refractivity contribution in [1.29, 1.82) is 0 Å². The van der Waals surface area contributed by atoms with Gasteiger partial charge in [-0.25, -0.2) is 4.79 Å². The summed E-state index contributed by atoms with van der Waals surface area (Å²) < 4.78 is 4.93. The van der Waals surface area contributed by atoms with E-state index in [1.807, 2.05) is 6.08 Å². The van der Waals surface area contributed by atoms with Gasteiger partial charge in [0, 0.05) is 13.0 Å². The average Bonchev–Trinajstić information content (AvgIpc) is 2.75. The number of cyclic esters (lactones) is 1. The van der Waals surface area contributed by atoms with Gasteiger partial charge in [-0.2, -0.15) is 0 Å². The van der Waals surface area contributed by atoms with Gasteiger partial charge in [-0.05, 0) is 12.8 Å². The van der Waals surface area contributed by atoms with Crippen molar-refractivity contribution < 1.29 is 14.6 Å². The molecule has 1 atom stereocenters. The third-order valence-corrected chi connectivity index (χ3v) is 3.53. The van der Waals surface area contributed by atoms with Crippen molar-refractivity contribution in [2.45, 2.75) is 63.8 Å². The smallest absolute Gasteiger partial charge is 0.408 e. The summed E-state index contributed by atoms with van der Waals surface area (Å²) in [5, 5.41) is 11.8. The fourth-order valence-corrected chi connectivity index (χ4v) is 2.33. The Labute approximate surface area is 116 Å². The molecule has 0 aromatic rings. The van der Waals surface area contributed by atoms with Gasteiger partial charge in [0.05, 0.1) is 5.54 Å². The van der Waals surface area contributed by atoms with Gasteiger partial charge in [0.15, 0.2) is 0 Å². The van der Waals surface area contributed by atoms with Crippen LogP contribution in [0.25, 0.3) is 0 Å². The van der Waals surface area contributed by atoms with Crippen LogP contribution in [-0.2, 0) is 4.74 Å². The van der Waals surface area contributed by atoms with Gasteiger partial charge >= 0.3 is 6.09 Å². The maximum atomic E-state index is 11.1. The van der Waals surface area contributed by atoms with Crippen LogP contribution in [0.3, 0.4) is 0 Å². The number of hydrogen-bond acceptors (Lipinski definition) is 3. The SMILES string of the molecule is CCCCCCCCC=C[C@]1(CCO)COC(=O)N1. The number of alkyl carbamates (subject to hydrolysis) is 1. The minimum Gasteiger partial charge on any atom is -0.447 e. The topological polar surface area (TPSA) is 58.6 Å². The van der Waals surface area contributed by atoms with E-state index in [0.717, 1.165) is 6.42 Å². The minimum atomic E-state index is -0.492. The van der Waals surface area contributed by atoms with E-state index in [4.69, 9.17) is 9.84 Å². The van der Waals surface area contributed by atoms with Gasteiger partial charge < -0.3 is 15.2 Å². The highest BCUT2D eigenvalue weighted by molar-refractivity contribution is 5.71. The molecule has 1 rings (SSSR count). The zero-order valence-corrected chi connectivity index (χ0v) is 12.0. The van der Waals surface area contributed by atoms with E-state index >= 15 is 0 Å². The van der Waals surface area contributed by atoms with E-state index in [1.165, 1.54) is 38.5 Å². The second kappa shape index (κ2) is 8.97. The van der Waals surface area contributed by atoms with Crippen molar-refractivity contribution in [2.24, 2.45) is 0 Å². The fraction of sp³-hybridized carbons (Fsp3) is 0.800. The van der Waals surface area contributed by atoms with Gasteiger partial charge in [-0.15, -0.1) is 0 Å². The molecule has 4 heteroatoms. The zero-order valence-electron chi connectivity index (χ0n) is 12.0. The van der Waals surface area contributed by atoms with E-state index in [2.05, 4.69) is 18.3 Å². The lowest BCUT2D eigenvalue weighted by atomic mass is 9.96. The Balaban J connectivity index is 2.20. The molecule has 1 aliphatic heterocycles. The lowest BCUT2D eigenvalue weighted by molar-refractivity contribution is 0.171. The van der Waals surface area contributed by atoms with Crippen molar-refractivity contribution in [3.63, 3.8) is 0 Å². The second-order valence-electron chi connectivity index (χ2n) is 5.29. The first-order chi connectivity index (χ1) is 9.22. The van der Waals surface area contributed by atoms with Gasteiger partial charge in [0.2, 0.25) is 0 Å². The van der Waals surface area contributed by atoms with Gasteiger partial charge in [-0.3, -0.25) is 0 Å². The van der Waals surface area contributed by atoms with Crippen LogP contribution in [0.5, 0.6) is 0 Å². The Kier molecular flexibility index (Phi) is 7.56. The number of aliphatic hydroxyl groups excluding tert-OH is 1. The number of unbranched alkanes of at least 4 members (excludes halogenated alkanes) is 6. The Hall–Kier alpha value is -1.03. The molecule has 1 saturated heterocycles. The van der Waals surface area contributed by atoms with E-state index in [0.29, 0.717) is 13.0 Å². The van der Waals surface area contributed by atoms with Crippen LogP contribution in [0.2, 0.25) is 0 Å². The summed E-state index contributed by atoms with van der Waals surface area (Å²) in [5.41, 5.74) is -0.492. The van der Waals surface area contributed by atoms with Gasteiger partial charge in [0.25, 0.3) is 0 Å². The molecule has 0 bridgehead atoms. The quantitative estimate of drug-likeness (QED) is 0.473. The van der Waals surface area contributed by atoms with Crippen LogP contribution >= 0.6 is 0 Å². The third-order valence-electron chi connectivity index (χ3n) is 3.53. The van der Waals surface area contributed by atoms with Crippen molar-refractivity contribution in [1.82, 2.24) is 5.32 Å². The molecule has 0 saturated carbocycles. The lowest BCUT2D eigenvalue weighted by Crippen LogP contribution is -2.42. The van der Waals surface area contributed by atoms with Crippen LogP contribution in [0.1, 0.15) is 58.3 Å². The summed E-state index contributed by atoms with van der Waals surface area (Å²) in [5.74, 6) is 0. The van der Waals surface area contributed by atoms with E-state index in [9.17, 15) is 4.79 Å². The van der Waals surface area contributed by atoms with Crippen molar-refractivity contribution in [3.8, 4) is 0 Å². The maximum Gasteiger partial charge on any atom is 0.408 e. The average molecular weight is 269 g/mol. The first kappa shape index (κ1) is 16.0. The summed E-state index contributed by atoms with van der Waals surface area (Å²) in [6.07, 6.45) is 12.9. The summed E-state index contributed by atoms with van der Waals surface area (Å²) in [4.78, 5) is 11.1. The Bertz CT molecular complexity index is 291. The Morgan fingerprint density at radius 2 is 2.05 bits per heavy atom. The molecular formula is C15H27NO3. The molecule has 2 N–H and O–H groups in total. The third kappa shape index (κ3) is 6.10. The predicted molar refractivity (Wildman–Crippen MR) is 76.1 cm³/mol. The molecule has 110 valence electrons.